The van der Waals surface area contributed by atoms with Gasteiger partial charge in [0, 0.05) is 6.61 Å². The molecular formula is C19H19ClFNO5S. The SMILES string of the molecule is COc1ccc(S(=O)(=O)C[C@H]2CCOC2)cc1C(=O)Nc1cccc(F)c1Cl. The number of sulfone groups is 1. The summed E-state index contributed by atoms with van der Waals surface area (Å²) in [5.74, 6) is -1.29. The highest BCUT2D eigenvalue weighted by Crippen LogP contribution is 2.29. The summed E-state index contributed by atoms with van der Waals surface area (Å²) in [7, 11) is -2.25. The Hall–Kier alpha value is -2.16. The molecule has 1 N–H and O–H groups in total. The Morgan fingerprint density at radius 2 is 2.14 bits per heavy atom. The van der Waals surface area contributed by atoms with Gasteiger partial charge < -0.3 is 14.8 Å². The van der Waals surface area contributed by atoms with Crippen LogP contribution >= 0.6 is 11.6 Å². The predicted octanol–water partition coefficient (Wildman–Crippen LogP) is 3.55. The van der Waals surface area contributed by atoms with Crippen LogP contribution < -0.4 is 10.1 Å². The first kappa shape index (κ1) is 20.6. The zero-order valence-corrected chi connectivity index (χ0v) is 16.6. The van der Waals surface area contributed by atoms with E-state index >= 15 is 0 Å². The zero-order valence-electron chi connectivity index (χ0n) is 15.1. The maximum atomic E-state index is 13.6. The standard InChI is InChI=1S/C19H19ClFNO5S/c1-26-17-6-5-13(28(24,25)11-12-7-8-27-10-12)9-14(17)19(23)22-16-4-2-3-15(21)18(16)20/h2-6,9,12H,7-8,10-11H2,1H3,(H,22,23)/t12-/m0/s1. The zero-order chi connectivity index (χ0) is 20.3. The maximum Gasteiger partial charge on any atom is 0.259 e. The van der Waals surface area contributed by atoms with Crippen LogP contribution in [0.1, 0.15) is 16.8 Å². The summed E-state index contributed by atoms with van der Waals surface area (Å²) in [5, 5.41) is 2.25. The maximum absolute atomic E-state index is 13.6. The van der Waals surface area contributed by atoms with Crippen LogP contribution in [0.4, 0.5) is 10.1 Å². The molecule has 2 aromatic rings. The number of carbonyl (C=O) groups excluding carboxylic acids is 1. The molecule has 0 aromatic heterocycles. The van der Waals surface area contributed by atoms with Gasteiger partial charge in [-0.25, -0.2) is 12.8 Å². The first-order valence-corrected chi connectivity index (χ1v) is 10.6. The minimum Gasteiger partial charge on any atom is -0.496 e. The Kier molecular flexibility index (Phi) is 6.22. The predicted molar refractivity (Wildman–Crippen MR) is 103 cm³/mol. The van der Waals surface area contributed by atoms with E-state index in [1.54, 1.807) is 0 Å². The monoisotopic (exact) mass is 427 g/mol. The minimum absolute atomic E-state index is 0.00609. The molecule has 28 heavy (non-hydrogen) atoms. The van der Waals surface area contributed by atoms with Crippen molar-refractivity contribution in [1.29, 1.82) is 0 Å². The molecule has 6 nitrogen and oxygen atoms in total. The Morgan fingerprint density at radius 1 is 1.36 bits per heavy atom. The van der Waals surface area contributed by atoms with Gasteiger partial charge in [-0.2, -0.15) is 0 Å². The Balaban J connectivity index is 1.90. The van der Waals surface area contributed by atoms with E-state index in [1.807, 2.05) is 0 Å². The molecule has 1 saturated heterocycles. The average molecular weight is 428 g/mol. The van der Waals surface area contributed by atoms with Crippen molar-refractivity contribution in [3.8, 4) is 5.75 Å². The molecule has 0 bridgehead atoms. The Bertz CT molecular complexity index is 990. The van der Waals surface area contributed by atoms with Crippen LogP contribution in [0.25, 0.3) is 0 Å². The molecule has 1 fully saturated rings. The molecule has 1 heterocycles. The van der Waals surface area contributed by atoms with Crippen molar-refractivity contribution >= 4 is 33.0 Å². The third-order valence-corrected chi connectivity index (χ3v) is 6.72. The Labute approximate surface area is 167 Å². The summed E-state index contributed by atoms with van der Waals surface area (Å²) >= 11 is 5.87. The van der Waals surface area contributed by atoms with Crippen LogP contribution in [-0.2, 0) is 14.6 Å². The summed E-state index contributed by atoms with van der Waals surface area (Å²) < 4.78 is 49.4. The van der Waals surface area contributed by atoms with Crippen molar-refractivity contribution in [2.24, 2.45) is 5.92 Å². The third kappa shape index (κ3) is 4.45. The Morgan fingerprint density at radius 3 is 2.82 bits per heavy atom. The fourth-order valence-corrected chi connectivity index (χ4v) is 4.79. The number of anilines is 1. The van der Waals surface area contributed by atoms with E-state index in [4.69, 9.17) is 21.1 Å². The van der Waals surface area contributed by atoms with E-state index in [9.17, 15) is 17.6 Å². The number of carbonyl (C=O) groups is 1. The summed E-state index contributed by atoms with van der Waals surface area (Å²) in [6, 6.07) is 8.08. The van der Waals surface area contributed by atoms with E-state index in [2.05, 4.69) is 5.32 Å². The molecular weight excluding hydrogens is 409 g/mol. The smallest absolute Gasteiger partial charge is 0.259 e. The first-order chi connectivity index (χ1) is 13.3. The number of methoxy groups -OCH3 is 1. The molecule has 9 heteroatoms. The van der Waals surface area contributed by atoms with Crippen LogP contribution in [0.2, 0.25) is 5.02 Å². The second kappa shape index (κ2) is 8.46. The molecule has 0 saturated carbocycles. The van der Waals surface area contributed by atoms with Crippen LogP contribution in [0, 0.1) is 11.7 Å². The lowest BCUT2D eigenvalue weighted by Crippen LogP contribution is -2.18. The quantitative estimate of drug-likeness (QED) is 0.762. The van der Waals surface area contributed by atoms with Crippen LogP contribution in [0.15, 0.2) is 41.3 Å². The molecule has 0 radical (unpaired) electrons. The number of hydrogen-bond acceptors (Lipinski definition) is 5. The highest BCUT2D eigenvalue weighted by Gasteiger charge is 2.26. The van der Waals surface area contributed by atoms with Crippen molar-refractivity contribution in [3.05, 3.63) is 52.8 Å². The van der Waals surface area contributed by atoms with Gasteiger partial charge in [-0.05, 0) is 42.7 Å². The summed E-state index contributed by atoms with van der Waals surface area (Å²) in [5.41, 5.74) is 0.0802. The molecule has 1 aliphatic heterocycles. The number of nitrogens with one attached hydrogen (secondary N) is 1. The van der Waals surface area contributed by atoms with E-state index in [1.165, 1.54) is 43.5 Å². The topological polar surface area (TPSA) is 81.7 Å². The van der Waals surface area contributed by atoms with Gasteiger partial charge >= 0.3 is 0 Å². The normalized spacial score (nSPS) is 16.8. The van der Waals surface area contributed by atoms with Gasteiger partial charge in [-0.15, -0.1) is 0 Å². The lowest BCUT2D eigenvalue weighted by Gasteiger charge is -2.14. The molecule has 1 amide bonds. The van der Waals surface area contributed by atoms with E-state index in [0.717, 1.165) is 0 Å². The van der Waals surface area contributed by atoms with Gasteiger partial charge in [0.1, 0.15) is 11.6 Å². The third-order valence-electron chi connectivity index (χ3n) is 4.45. The van der Waals surface area contributed by atoms with Gasteiger partial charge in [-0.3, -0.25) is 4.79 Å². The molecule has 0 unspecified atom stereocenters. The highest BCUT2D eigenvalue weighted by atomic mass is 35.5. The molecule has 2 aromatic carbocycles. The van der Waals surface area contributed by atoms with E-state index in [-0.39, 0.29) is 38.6 Å². The van der Waals surface area contributed by atoms with Crippen molar-refractivity contribution in [1.82, 2.24) is 0 Å². The molecule has 3 rings (SSSR count). The van der Waals surface area contributed by atoms with Crippen LogP contribution in [0.3, 0.4) is 0 Å². The van der Waals surface area contributed by atoms with Crippen molar-refractivity contribution in [2.45, 2.75) is 11.3 Å². The number of benzene rings is 2. The van der Waals surface area contributed by atoms with Gasteiger partial charge in [-0.1, -0.05) is 17.7 Å². The fourth-order valence-electron chi connectivity index (χ4n) is 2.97. The molecule has 0 spiro atoms. The summed E-state index contributed by atoms with van der Waals surface area (Å²) in [6.07, 6.45) is 0.681. The fraction of sp³-hybridized carbons (Fsp3) is 0.316. The number of hydrogen-bond donors (Lipinski definition) is 1. The van der Waals surface area contributed by atoms with Crippen molar-refractivity contribution in [3.63, 3.8) is 0 Å². The van der Waals surface area contributed by atoms with Crippen LogP contribution in [0.5, 0.6) is 5.75 Å². The van der Waals surface area contributed by atoms with Gasteiger partial charge in [0.25, 0.3) is 5.91 Å². The largest absolute Gasteiger partial charge is 0.496 e. The van der Waals surface area contributed by atoms with Gasteiger partial charge in [0.15, 0.2) is 9.84 Å². The van der Waals surface area contributed by atoms with Crippen molar-refractivity contribution < 1.29 is 27.1 Å². The van der Waals surface area contributed by atoms with Crippen LogP contribution in [-0.4, -0.2) is 40.4 Å². The highest BCUT2D eigenvalue weighted by molar-refractivity contribution is 7.91. The summed E-state index contributed by atoms with van der Waals surface area (Å²) in [4.78, 5) is 12.7. The number of halogens is 2. The lowest BCUT2D eigenvalue weighted by atomic mass is 10.1. The first-order valence-electron chi connectivity index (χ1n) is 8.55. The lowest BCUT2D eigenvalue weighted by molar-refractivity contribution is 0.102. The molecule has 150 valence electrons. The number of rotatable bonds is 6. The van der Waals surface area contributed by atoms with Gasteiger partial charge in [0.05, 0.1) is 40.6 Å². The molecule has 1 aliphatic rings. The second-order valence-electron chi connectivity index (χ2n) is 6.43. The molecule has 0 aliphatic carbocycles. The number of ether oxygens (including phenoxy) is 2. The van der Waals surface area contributed by atoms with E-state index < -0.39 is 21.6 Å². The van der Waals surface area contributed by atoms with E-state index in [0.29, 0.717) is 19.6 Å². The molecule has 1 atom stereocenters. The average Bonchev–Trinajstić information content (AvgIpc) is 3.17. The van der Waals surface area contributed by atoms with Crippen molar-refractivity contribution in [2.75, 3.05) is 31.4 Å². The van der Waals surface area contributed by atoms with Gasteiger partial charge in [0.2, 0.25) is 0 Å². The second-order valence-corrected chi connectivity index (χ2v) is 8.84. The number of amides is 1. The summed E-state index contributed by atoms with van der Waals surface area (Å²) in [6.45, 7) is 0.950. The minimum atomic E-state index is -3.61.